The van der Waals surface area contributed by atoms with Gasteiger partial charge in [-0.25, -0.2) is 0 Å². The van der Waals surface area contributed by atoms with E-state index in [-0.39, 0.29) is 17.9 Å². The summed E-state index contributed by atoms with van der Waals surface area (Å²) in [5.74, 6) is 2.08. The van der Waals surface area contributed by atoms with Crippen LogP contribution >= 0.6 is 11.8 Å². The summed E-state index contributed by atoms with van der Waals surface area (Å²) in [6, 6.07) is 23.4. The monoisotopic (exact) mass is 471 g/mol. The van der Waals surface area contributed by atoms with Crippen molar-refractivity contribution < 1.29 is 14.3 Å². The minimum Gasteiger partial charge on any atom is -0.508 e. The van der Waals surface area contributed by atoms with Crippen LogP contribution in [0.2, 0.25) is 0 Å². The number of furan rings is 1. The maximum Gasteiger partial charge on any atom is 0.287 e. The average Bonchev–Trinajstić information content (AvgIpc) is 3.34. The van der Waals surface area contributed by atoms with Gasteiger partial charge in [0.05, 0.1) is 11.8 Å². The lowest BCUT2D eigenvalue weighted by molar-refractivity contribution is 0.0908. The van der Waals surface area contributed by atoms with Gasteiger partial charge in [0.2, 0.25) is 0 Å². The van der Waals surface area contributed by atoms with Crippen LogP contribution in [0.5, 0.6) is 5.75 Å². The number of aromatic hydroxyl groups is 1. The zero-order chi connectivity index (χ0) is 23.8. The highest BCUT2D eigenvalue weighted by atomic mass is 32.2. The van der Waals surface area contributed by atoms with E-state index < -0.39 is 11.9 Å². The molecule has 6 nitrogen and oxygen atoms in total. The Morgan fingerprint density at radius 1 is 1.00 bits per heavy atom. The summed E-state index contributed by atoms with van der Waals surface area (Å²) in [6.07, 6.45) is 3.44. The molecule has 0 aliphatic rings. The topological polar surface area (TPSA) is 99.2 Å². The minimum atomic E-state index is -0.609. The lowest BCUT2D eigenvalue weighted by Crippen LogP contribution is -2.30. The van der Waals surface area contributed by atoms with Crippen LogP contribution in [0.4, 0.5) is 0 Å². The Hall–Kier alpha value is -3.84. The van der Waals surface area contributed by atoms with Crippen LogP contribution in [0.1, 0.15) is 45.5 Å². The molecule has 3 N–H and O–H groups in total. The van der Waals surface area contributed by atoms with Crippen molar-refractivity contribution in [1.82, 2.24) is 10.3 Å². The van der Waals surface area contributed by atoms with Gasteiger partial charge in [0, 0.05) is 41.4 Å². The Morgan fingerprint density at radius 2 is 1.79 bits per heavy atom. The molecule has 1 unspecified atom stereocenters. The number of carbonyl (C=O) groups excluding carboxylic acids is 1. The molecule has 0 fully saturated rings. The second kappa shape index (κ2) is 11.3. The molecule has 0 aliphatic heterocycles. The molecule has 0 aliphatic carbocycles. The number of pyridine rings is 1. The second-order valence-corrected chi connectivity index (χ2v) is 8.74. The average molecular weight is 472 g/mol. The third-order valence-electron chi connectivity index (χ3n) is 5.28. The molecule has 0 bridgehead atoms. The normalized spacial score (nSPS) is 11.6. The number of phenols is 1. The molecule has 0 saturated heterocycles. The molecule has 34 heavy (non-hydrogen) atoms. The molecule has 0 saturated carbocycles. The Balaban J connectivity index is 1.43. The first-order valence-corrected chi connectivity index (χ1v) is 12.0. The third-order valence-corrected chi connectivity index (χ3v) is 6.30. The molecule has 4 aromatic rings. The SMILES string of the molecule is N=C(CC(NC(=O)c1ccc(CSCc2ccccc2)o1)c1ccccc1O)c1cccnc1. The van der Waals surface area contributed by atoms with Crippen LogP contribution < -0.4 is 5.32 Å². The lowest BCUT2D eigenvalue weighted by atomic mass is 9.97. The molecule has 4 rings (SSSR count). The lowest BCUT2D eigenvalue weighted by Gasteiger charge is -2.20. The summed E-state index contributed by atoms with van der Waals surface area (Å²) in [5, 5.41) is 21.8. The van der Waals surface area contributed by atoms with Crippen molar-refractivity contribution in [3.8, 4) is 5.75 Å². The van der Waals surface area contributed by atoms with Crippen LogP contribution in [-0.2, 0) is 11.5 Å². The van der Waals surface area contributed by atoms with Gasteiger partial charge in [-0.1, -0.05) is 54.6 Å². The molecule has 0 radical (unpaired) electrons. The molecule has 7 heteroatoms. The first-order chi connectivity index (χ1) is 16.6. The van der Waals surface area contributed by atoms with Crippen LogP contribution in [0.3, 0.4) is 0 Å². The van der Waals surface area contributed by atoms with Crippen molar-refractivity contribution in [3.63, 3.8) is 0 Å². The molecule has 2 heterocycles. The number of nitrogens with one attached hydrogen (secondary N) is 2. The van der Waals surface area contributed by atoms with Gasteiger partial charge >= 0.3 is 0 Å². The molecular formula is C27H25N3O3S. The molecule has 2 aromatic heterocycles. The minimum absolute atomic E-state index is 0.0595. The Morgan fingerprint density at radius 3 is 2.56 bits per heavy atom. The van der Waals surface area contributed by atoms with Crippen molar-refractivity contribution in [2.24, 2.45) is 0 Å². The smallest absolute Gasteiger partial charge is 0.287 e. The van der Waals surface area contributed by atoms with Gasteiger partial charge < -0.3 is 20.2 Å². The highest BCUT2D eigenvalue weighted by molar-refractivity contribution is 7.97. The van der Waals surface area contributed by atoms with Crippen LogP contribution in [0, 0.1) is 5.41 Å². The molecule has 0 spiro atoms. The summed E-state index contributed by atoms with van der Waals surface area (Å²) < 4.78 is 5.78. The highest BCUT2D eigenvalue weighted by Gasteiger charge is 2.22. The Labute approximate surface area is 202 Å². The van der Waals surface area contributed by atoms with E-state index in [0.29, 0.717) is 28.4 Å². The predicted molar refractivity (Wildman–Crippen MR) is 134 cm³/mol. The van der Waals surface area contributed by atoms with Crippen molar-refractivity contribution in [1.29, 1.82) is 5.41 Å². The summed E-state index contributed by atoms with van der Waals surface area (Å²) in [6.45, 7) is 0. The van der Waals surface area contributed by atoms with Crippen LogP contribution in [0.15, 0.2) is 95.7 Å². The van der Waals surface area contributed by atoms with Gasteiger partial charge in [0.1, 0.15) is 11.5 Å². The van der Waals surface area contributed by atoms with E-state index in [4.69, 9.17) is 9.83 Å². The van der Waals surface area contributed by atoms with E-state index in [1.54, 1.807) is 72.7 Å². The zero-order valence-corrected chi connectivity index (χ0v) is 19.3. The number of para-hydroxylation sites is 1. The number of amides is 1. The van der Waals surface area contributed by atoms with Gasteiger partial charge in [-0.15, -0.1) is 11.8 Å². The third kappa shape index (κ3) is 6.14. The number of thioether (sulfide) groups is 1. The number of benzene rings is 2. The molecule has 172 valence electrons. The van der Waals surface area contributed by atoms with Crippen molar-refractivity contribution in [2.75, 3.05) is 0 Å². The number of hydrogen-bond donors (Lipinski definition) is 3. The molecule has 1 atom stereocenters. The van der Waals surface area contributed by atoms with Gasteiger partial charge in [0.25, 0.3) is 5.91 Å². The summed E-state index contributed by atoms with van der Waals surface area (Å²) >= 11 is 1.71. The number of nitrogens with zero attached hydrogens (tertiary/aromatic N) is 1. The maximum atomic E-state index is 13.0. The number of aromatic nitrogens is 1. The fraction of sp³-hybridized carbons (Fsp3) is 0.148. The number of rotatable bonds is 10. The van der Waals surface area contributed by atoms with E-state index in [2.05, 4.69) is 22.4 Å². The van der Waals surface area contributed by atoms with Crippen molar-refractivity contribution in [2.45, 2.75) is 24.0 Å². The van der Waals surface area contributed by atoms with Crippen LogP contribution in [0.25, 0.3) is 0 Å². The number of carbonyl (C=O) groups is 1. The second-order valence-electron chi connectivity index (χ2n) is 7.75. The Kier molecular flexibility index (Phi) is 7.78. The first kappa shape index (κ1) is 23.3. The van der Waals surface area contributed by atoms with Crippen molar-refractivity contribution in [3.05, 3.63) is 119 Å². The van der Waals surface area contributed by atoms with E-state index in [9.17, 15) is 9.90 Å². The predicted octanol–water partition coefficient (Wildman–Crippen LogP) is 5.74. The summed E-state index contributed by atoms with van der Waals surface area (Å²) in [7, 11) is 0. The Bertz CT molecular complexity index is 1240. The number of phenolic OH excluding ortho intramolecular Hbond substituents is 1. The standard InChI is InChI=1S/C27H25N3O3S/c28-23(20-9-6-14-29-16-20)15-24(22-10-4-5-11-25(22)31)30-27(32)26-13-12-21(33-26)18-34-17-19-7-2-1-3-8-19/h1-14,16,24,28,31H,15,17-18H2,(H,30,32). The number of hydrogen-bond acceptors (Lipinski definition) is 6. The largest absolute Gasteiger partial charge is 0.508 e. The molecule has 1 amide bonds. The van der Waals surface area contributed by atoms with E-state index >= 15 is 0 Å². The van der Waals surface area contributed by atoms with Gasteiger partial charge in [-0.3, -0.25) is 9.78 Å². The quantitative estimate of drug-likeness (QED) is 0.256. The van der Waals surface area contributed by atoms with E-state index in [1.165, 1.54) is 5.56 Å². The summed E-state index contributed by atoms with van der Waals surface area (Å²) in [5.41, 5.74) is 2.74. The van der Waals surface area contributed by atoms with E-state index in [1.807, 2.05) is 18.2 Å². The molecule has 2 aromatic carbocycles. The maximum absolute atomic E-state index is 13.0. The highest BCUT2D eigenvalue weighted by Crippen LogP contribution is 2.28. The fourth-order valence-corrected chi connectivity index (χ4v) is 4.42. The zero-order valence-electron chi connectivity index (χ0n) is 18.5. The van der Waals surface area contributed by atoms with Gasteiger partial charge in [-0.2, -0.15) is 0 Å². The van der Waals surface area contributed by atoms with Gasteiger partial charge in [-0.05, 0) is 29.8 Å². The van der Waals surface area contributed by atoms with Gasteiger partial charge in [0.15, 0.2) is 5.76 Å². The van der Waals surface area contributed by atoms with Crippen LogP contribution in [-0.4, -0.2) is 21.7 Å². The first-order valence-electron chi connectivity index (χ1n) is 10.9. The summed E-state index contributed by atoms with van der Waals surface area (Å²) in [4.78, 5) is 17.1. The van der Waals surface area contributed by atoms with Crippen molar-refractivity contribution >= 4 is 23.4 Å². The molecular weight excluding hydrogens is 446 g/mol. The van der Waals surface area contributed by atoms with E-state index in [0.717, 1.165) is 5.75 Å². The fourth-order valence-electron chi connectivity index (χ4n) is 3.53.